The van der Waals surface area contributed by atoms with Gasteiger partial charge in [-0.05, 0) is 25.1 Å². The molecule has 1 aromatic carbocycles. The van der Waals surface area contributed by atoms with Gasteiger partial charge in [0.05, 0.1) is 30.2 Å². The summed E-state index contributed by atoms with van der Waals surface area (Å²) in [5.74, 6) is -0.693. The number of aromatic nitrogens is 5. The molecule has 1 saturated heterocycles. The van der Waals surface area contributed by atoms with Crippen LogP contribution in [0, 0.1) is 11.6 Å². The monoisotopic (exact) mass is 496 g/mol. The highest BCUT2D eigenvalue weighted by molar-refractivity contribution is 5.83. The molecule has 0 unspecified atom stereocenters. The summed E-state index contributed by atoms with van der Waals surface area (Å²) in [7, 11) is 1.82. The van der Waals surface area contributed by atoms with Gasteiger partial charge in [0.15, 0.2) is 17.4 Å². The van der Waals surface area contributed by atoms with Crippen molar-refractivity contribution in [2.45, 2.75) is 31.5 Å². The minimum Gasteiger partial charge on any atom is -0.487 e. The smallest absolute Gasteiger partial charge is 0.167 e. The van der Waals surface area contributed by atoms with Crippen molar-refractivity contribution in [1.29, 1.82) is 0 Å². The van der Waals surface area contributed by atoms with Gasteiger partial charge in [-0.3, -0.25) is 9.67 Å². The van der Waals surface area contributed by atoms with E-state index in [1.165, 1.54) is 25.3 Å². The van der Waals surface area contributed by atoms with E-state index in [0.717, 1.165) is 11.6 Å². The molecule has 0 aliphatic carbocycles. The number of hydrogen-bond donors (Lipinski definition) is 2. The van der Waals surface area contributed by atoms with Gasteiger partial charge in [0.1, 0.15) is 28.7 Å². The van der Waals surface area contributed by atoms with Crippen molar-refractivity contribution in [2.75, 3.05) is 24.6 Å². The van der Waals surface area contributed by atoms with Crippen LogP contribution in [0.2, 0.25) is 0 Å². The highest BCUT2D eigenvalue weighted by Crippen LogP contribution is 2.33. The van der Waals surface area contributed by atoms with Gasteiger partial charge in [0.25, 0.3) is 0 Å². The summed E-state index contributed by atoms with van der Waals surface area (Å²) in [4.78, 5) is 16.0. The van der Waals surface area contributed by atoms with Crippen LogP contribution in [0.3, 0.4) is 0 Å². The maximum absolute atomic E-state index is 14.0. The van der Waals surface area contributed by atoms with Gasteiger partial charge in [-0.15, -0.1) is 0 Å². The predicted octanol–water partition coefficient (Wildman–Crippen LogP) is 2.95. The zero-order valence-corrected chi connectivity index (χ0v) is 19.9. The van der Waals surface area contributed by atoms with Crippen LogP contribution in [0.4, 0.5) is 14.6 Å². The van der Waals surface area contributed by atoms with E-state index in [4.69, 9.17) is 14.7 Å². The number of piperidine rings is 1. The zero-order valence-electron chi connectivity index (χ0n) is 19.9. The third-order valence-corrected chi connectivity index (χ3v) is 6.30. The Morgan fingerprint density at radius 2 is 1.89 bits per heavy atom. The lowest BCUT2D eigenvalue weighted by Crippen LogP contribution is -2.39. The van der Waals surface area contributed by atoms with Crippen LogP contribution in [0.1, 0.15) is 25.5 Å². The Morgan fingerprint density at radius 3 is 2.56 bits per heavy atom. The molecule has 4 heterocycles. The van der Waals surface area contributed by atoms with Crippen LogP contribution in [-0.2, 0) is 12.6 Å². The van der Waals surface area contributed by atoms with Crippen molar-refractivity contribution in [3.05, 3.63) is 60.2 Å². The standard InChI is InChI=1S/C25H26F2N6O3/c1-25(35,14-34)22-10-19-20(12-28-22)30-23(15-11-29-32(2)13-15)24(31-19)33-7-5-17(6-8-33)36-21-4-3-16(26)9-18(21)27/h3-4,9-13,17,34-35H,5-8,14H2,1-2H3/t25-/m1/s1. The topological polar surface area (TPSA) is 109 Å². The summed E-state index contributed by atoms with van der Waals surface area (Å²) in [6.45, 7) is 2.15. The summed E-state index contributed by atoms with van der Waals surface area (Å²) in [6.07, 6.45) is 6.07. The molecule has 1 aliphatic heterocycles. The largest absolute Gasteiger partial charge is 0.487 e. The molecule has 188 valence electrons. The van der Waals surface area contributed by atoms with E-state index in [0.29, 0.717) is 54.2 Å². The highest BCUT2D eigenvalue weighted by atomic mass is 19.1. The number of nitrogens with zero attached hydrogens (tertiary/aromatic N) is 6. The Hall–Kier alpha value is -3.70. The Kier molecular flexibility index (Phi) is 6.27. The van der Waals surface area contributed by atoms with Crippen LogP contribution >= 0.6 is 0 Å². The van der Waals surface area contributed by atoms with Gasteiger partial charge in [0.2, 0.25) is 0 Å². The number of anilines is 1. The second-order valence-electron chi connectivity index (χ2n) is 9.17. The molecular formula is C25H26F2N6O3. The molecule has 36 heavy (non-hydrogen) atoms. The first-order valence-corrected chi connectivity index (χ1v) is 11.6. The summed E-state index contributed by atoms with van der Waals surface area (Å²) in [5, 5.41) is 24.2. The van der Waals surface area contributed by atoms with Crippen molar-refractivity contribution < 1.29 is 23.7 Å². The van der Waals surface area contributed by atoms with Crippen LogP contribution in [0.5, 0.6) is 5.75 Å². The maximum Gasteiger partial charge on any atom is 0.167 e. The SMILES string of the molecule is Cn1cc(-c2nc3cnc([C@](C)(O)CO)cc3nc2N2CCC(Oc3ccc(F)cc3F)CC2)cn1. The summed E-state index contributed by atoms with van der Waals surface area (Å²) < 4.78 is 34.7. The second-order valence-corrected chi connectivity index (χ2v) is 9.17. The summed E-state index contributed by atoms with van der Waals surface area (Å²) in [5.41, 5.74) is 1.29. The fourth-order valence-corrected chi connectivity index (χ4v) is 4.22. The summed E-state index contributed by atoms with van der Waals surface area (Å²) >= 11 is 0. The van der Waals surface area contributed by atoms with Gasteiger partial charge in [-0.25, -0.2) is 18.7 Å². The van der Waals surface area contributed by atoms with Gasteiger partial charge >= 0.3 is 0 Å². The minimum atomic E-state index is -1.51. The molecule has 0 radical (unpaired) electrons. The lowest BCUT2D eigenvalue weighted by atomic mass is 10.0. The van der Waals surface area contributed by atoms with Crippen molar-refractivity contribution in [1.82, 2.24) is 24.7 Å². The van der Waals surface area contributed by atoms with E-state index < -0.39 is 23.8 Å². The third-order valence-electron chi connectivity index (χ3n) is 6.30. The van der Waals surface area contributed by atoms with Crippen LogP contribution in [0.15, 0.2) is 42.9 Å². The Bertz CT molecular complexity index is 1400. The molecule has 0 saturated carbocycles. The number of benzene rings is 1. The first-order valence-electron chi connectivity index (χ1n) is 11.6. The molecule has 4 aromatic rings. The van der Waals surface area contributed by atoms with Gasteiger partial charge in [-0.1, -0.05) is 0 Å². The Labute approximate surface area is 206 Å². The molecular weight excluding hydrogens is 470 g/mol. The first-order chi connectivity index (χ1) is 17.2. The van der Waals surface area contributed by atoms with Crippen molar-refractivity contribution in [2.24, 2.45) is 7.05 Å². The van der Waals surface area contributed by atoms with E-state index in [9.17, 15) is 19.0 Å². The van der Waals surface area contributed by atoms with E-state index in [-0.39, 0.29) is 11.9 Å². The molecule has 5 rings (SSSR count). The average molecular weight is 497 g/mol. The molecule has 0 spiro atoms. The Morgan fingerprint density at radius 1 is 1.11 bits per heavy atom. The number of fused-ring (bicyclic) bond motifs is 1. The molecule has 0 amide bonds. The summed E-state index contributed by atoms with van der Waals surface area (Å²) in [6, 6.07) is 4.92. The number of rotatable bonds is 6. The lowest BCUT2D eigenvalue weighted by molar-refractivity contribution is -0.00573. The van der Waals surface area contributed by atoms with Crippen molar-refractivity contribution in [3.63, 3.8) is 0 Å². The van der Waals surface area contributed by atoms with Crippen LogP contribution in [-0.4, -0.2) is 60.7 Å². The van der Waals surface area contributed by atoms with Crippen molar-refractivity contribution >= 4 is 16.9 Å². The molecule has 1 fully saturated rings. The normalized spacial score (nSPS) is 16.3. The molecule has 11 heteroatoms. The molecule has 3 aromatic heterocycles. The maximum atomic E-state index is 14.0. The fraction of sp³-hybridized carbons (Fsp3) is 0.360. The number of ether oxygens (including phenoxy) is 1. The van der Waals surface area contributed by atoms with Crippen molar-refractivity contribution in [3.8, 4) is 17.0 Å². The highest BCUT2D eigenvalue weighted by Gasteiger charge is 2.28. The van der Waals surface area contributed by atoms with E-state index in [1.54, 1.807) is 16.9 Å². The quantitative estimate of drug-likeness (QED) is 0.419. The van der Waals surface area contributed by atoms with Gasteiger partial charge in [0, 0.05) is 50.8 Å². The third kappa shape index (κ3) is 4.71. The van der Waals surface area contributed by atoms with E-state index >= 15 is 0 Å². The minimum absolute atomic E-state index is 0.0346. The molecule has 1 aliphatic rings. The van der Waals surface area contributed by atoms with Gasteiger partial charge < -0.3 is 19.8 Å². The van der Waals surface area contributed by atoms with E-state index in [1.807, 2.05) is 13.2 Å². The van der Waals surface area contributed by atoms with Gasteiger partial charge in [-0.2, -0.15) is 5.10 Å². The molecule has 0 bridgehead atoms. The molecule has 1 atom stereocenters. The van der Waals surface area contributed by atoms with Crippen LogP contribution in [0.25, 0.3) is 22.3 Å². The lowest BCUT2D eigenvalue weighted by Gasteiger charge is -2.33. The van der Waals surface area contributed by atoms with Crippen LogP contribution < -0.4 is 9.64 Å². The first kappa shape index (κ1) is 24.0. The zero-order chi connectivity index (χ0) is 25.4. The average Bonchev–Trinajstić information content (AvgIpc) is 3.31. The number of pyridine rings is 1. The van der Waals surface area contributed by atoms with E-state index in [2.05, 4.69) is 15.0 Å². The number of aryl methyl sites for hydroxylation is 1. The molecule has 9 nitrogen and oxygen atoms in total. The fourth-order valence-electron chi connectivity index (χ4n) is 4.22. The predicted molar refractivity (Wildman–Crippen MR) is 128 cm³/mol. The number of aliphatic hydroxyl groups excluding tert-OH is 1. The molecule has 2 N–H and O–H groups in total. The number of aliphatic hydroxyl groups is 2. The Balaban J connectivity index is 1.45. The second kappa shape index (κ2) is 9.40. The number of halogens is 2. The number of hydrogen-bond acceptors (Lipinski definition) is 8.